The van der Waals surface area contributed by atoms with Gasteiger partial charge in [-0.15, -0.1) is 0 Å². The number of rotatable bonds is 4. The van der Waals surface area contributed by atoms with Gasteiger partial charge in [0.2, 0.25) is 0 Å². The van der Waals surface area contributed by atoms with Crippen molar-refractivity contribution in [3.8, 4) is 50.8 Å². The fourth-order valence-electron chi connectivity index (χ4n) is 10.8. The van der Waals surface area contributed by atoms with Crippen LogP contribution in [0.4, 0.5) is 0 Å². The molecule has 3 heteroatoms. The Labute approximate surface area is 364 Å². The number of nitrogens with zero attached hydrogens (tertiary/aromatic N) is 3. The Morgan fingerprint density at radius 3 is 1.78 bits per heavy atom. The van der Waals surface area contributed by atoms with Gasteiger partial charge in [-0.2, -0.15) is 5.26 Å². The van der Waals surface area contributed by atoms with Crippen LogP contribution >= 0.6 is 0 Å². The van der Waals surface area contributed by atoms with Gasteiger partial charge in [-0.1, -0.05) is 141 Å². The van der Waals surface area contributed by atoms with Crippen molar-refractivity contribution in [3.05, 3.63) is 217 Å². The number of benzene rings is 10. The third kappa shape index (κ3) is 5.19. The van der Waals surface area contributed by atoms with Crippen molar-refractivity contribution in [3.63, 3.8) is 0 Å². The van der Waals surface area contributed by atoms with Crippen LogP contribution in [0.15, 0.2) is 200 Å². The van der Waals surface area contributed by atoms with Gasteiger partial charge in [0.25, 0.3) is 0 Å². The van der Waals surface area contributed by atoms with Crippen molar-refractivity contribution in [1.82, 2.24) is 9.13 Å². The summed E-state index contributed by atoms with van der Waals surface area (Å²) in [5.41, 5.74) is 17.0. The van der Waals surface area contributed by atoms with Crippen LogP contribution in [0.5, 0.6) is 0 Å². The van der Waals surface area contributed by atoms with Gasteiger partial charge in [-0.05, 0) is 133 Å². The lowest BCUT2D eigenvalue weighted by atomic mass is 9.81. The molecule has 0 unspecified atom stereocenters. The molecule has 63 heavy (non-hydrogen) atoms. The quantitative estimate of drug-likeness (QED) is 0.174. The minimum absolute atomic E-state index is 0.262. The summed E-state index contributed by atoms with van der Waals surface area (Å²) in [6.45, 7) is 4.58. The minimum atomic E-state index is -0.262. The summed E-state index contributed by atoms with van der Waals surface area (Å²) in [4.78, 5) is 0. The lowest BCUT2D eigenvalue weighted by molar-refractivity contribution is 0.660. The van der Waals surface area contributed by atoms with Crippen LogP contribution in [0, 0.1) is 11.3 Å². The summed E-state index contributed by atoms with van der Waals surface area (Å²) in [6, 6.07) is 75.9. The first-order chi connectivity index (χ1) is 30.9. The van der Waals surface area contributed by atoms with E-state index in [1.807, 2.05) is 6.07 Å². The van der Waals surface area contributed by atoms with Gasteiger partial charge >= 0.3 is 0 Å². The molecule has 294 valence electrons. The molecular formula is C60H39N3. The molecule has 0 N–H and O–H groups in total. The fraction of sp³-hybridized carbons (Fsp3) is 0.0500. The Kier molecular flexibility index (Phi) is 7.42. The zero-order valence-corrected chi connectivity index (χ0v) is 34.9. The third-order valence-corrected chi connectivity index (χ3v) is 13.9. The Morgan fingerprint density at radius 2 is 0.984 bits per heavy atom. The second kappa shape index (κ2) is 13.2. The minimum Gasteiger partial charge on any atom is -0.309 e. The van der Waals surface area contributed by atoms with Crippen molar-refractivity contribution in [2.24, 2.45) is 0 Å². The molecule has 0 aliphatic heterocycles. The van der Waals surface area contributed by atoms with E-state index >= 15 is 0 Å². The van der Waals surface area contributed by atoms with E-state index in [0.717, 1.165) is 33.6 Å². The van der Waals surface area contributed by atoms with E-state index in [-0.39, 0.29) is 5.41 Å². The van der Waals surface area contributed by atoms with Crippen LogP contribution in [0.1, 0.15) is 30.5 Å². The van der Waals surface area contributed by atoms with Crippen molar-refractivity contribution < 1.29 is 0 Å². The molecule has 2 aromatic heterocycles. The van der Waals surface area contributed by atoms with Gasteiger partial charge in [-0.25, -0.2) is 0 Å². The highest BCUT2D eigenvalue weighted by Crippen LogP contribution is 2.50. The Hall–Kier alpha value is -8.19. The van der Waals surface area contributed by atoms with Crippen molar-refractivity contribution in [2.45, 2.75) is 19.3 Å². The standard InChI is InChI=1S/C60H39N3/c1-60(2)54-28-37(36-61)20-24-48(54)49-25-22-41(33-55(49)60)43-29-44(31-46(30-43)62-56-19-11-10-18-50(56)53-32-39-13-6-7-14-40(39)34-58(53)62)42-23-26-51-52-27-21-38-12-8-9-17-47(38)59(52)63(57(51)35-42)45-15-4-3-5-16-45/h3-35H,1-2H3. The normalized spacial score (nSPS) is 13.0. The molecule has 3 nitrogen and oxygen atoms in total. The predicted molar refractivity (Wildman–Crippen MR) is 263 cm³/mol. The molecule has 0 amide bonds. The van der Waals surface area contributed by atoms with E-state index < -0.39 is 0 Å². The van der Waals surface area contributed by atoms with E-state index in [9.17, 15) is 5.26 Å². The van der Waals surface area contributed by atoms with Gasteiger partial charge in [0.1, 0.15) is 0 Å². The number of nitriles is 1. The molecular weight excluding hydrogens is 763 g/mol. The molecule has 0 radical (unpaired) electrons. The number of aromatic nitrogens is 2. The highest BCUT2D eigenvalue weighted by atomic mass is 15.0. The summed E-state index contributed by atoms with van der Waals surface area (Å²) in [5, 5.41) is 19.7. The summed E-state index contributed by atoms with van der Waals surface area (Å²) < 4.78 is 4.92. The van der Waals surface area contributed by atoms with Crippen molar-refractivity contribution in [1.29, 1.82) is 5.26 Å². The maximum atomic E-state index is 9.81. The maximum Gasteiger partial charge on any atom is 0.0991 e. The van der Waals surface area contributed by atoms with Crippen LogP contribution < -0.4 is 0 Å². The molecule has 0 spiro atoms. The average molecular weight is 802 g/mol. The van der Waals surface area contributed by atoms with Crippen LogP contribution in [0.25, 0.3) is 110 Å². The summed E-state index contributed by atoms with van der Waals surface area (Å²) >= 11 is 0. The summed E-state index contributed by atoms with van der Waals surface area (Å²) in [6.07, 6.45) is 0. The van der Waals surface area contributed by atoms with Crippen LogP contribution in [-0.2, 0) is 5.41 Å². The Morgan fingerprint density at radius 1 is 0.381 bits per heavy atom. The molecule has 0 atom stereocenters. The number of hydrogen-bond donors (Lipinski definition) is 0. The van der Waals surface area contributed by atoms with Gasteiger partial charge in [0, 0.05) is 43.7 Å². The first kappa shape index (κ1) is 35.6. The van der Waals surface area contributed by atoms with Gasteiger partial charge in [0.05, 0.1) is 33.7 Å². The lowest BCUT2D eigenvalue weighted by Crippen LogP contribution is -2.15. The number of hydrogen-bond acceptors (Lipinski definition) is 1. The Balaban J connectivity index is 1.09. The van der Waals surface area contributed by atoms with Crippen molar-refractivity contribution in [2.75, 3.05) is 0 Å². The fourth-order valence-corrected chi connectivity index (χ4v) is 10.8. The van der Waals surface area contributed by atoms with Crippen molar-refractivity contribution >= 4 is 65.2 Å². The highest BCUT2D eigenvalue weighted by molar-refractivity contribution is 6.19. The zero-order chi connectivity index (χ0) is 42.0. The van der Waals surface area contributed by atoms with E-state index in [1.165, 1.54) is 87.4 Å². The lowest BCUT2D eigenvalue weighted by Gasteiger charge is -2.22. The first-order valence-corrected chi connectivity index (χ1v) is 21.7. The summed E-state index contributed by atoms with van der Waals surface area (Å²) in [7, 11) is 0. The largest absolute Gasteiger partial charge is 0.309 e. The van der Waals surface area contributed by atoms with Crippen LogP contribution in [0.2, 0.25) is 0 Å². The van der Waals surface area contributed by atoms with E-state index in [0.29, 0.717) is 5.56 Å². The van der Waals surface area contributed by atoms with E-state index in [4.69, 9.17) is 0 Å². The van der Waals surface area contributed by atoms with E-state index in [1.54, 1.807) is 0 Å². The predicted octanol–water partition coefficient (Wildman–Crippen LogP) is 15.7. The zero-order valence-electron chi connectivity index (χ0n) is 34.9. The molecule has 13 rings (SSSR count). The van der Waals surface area contributed by atoms with Gasteiger partial charge in [-0.3, -0.25) is 0 Å². The average Bonchev–Trinajstić information content (AvgIpc) is 3.92. The number of fused-ring (bicyclic) bond motifs is 12. The van der Waals surface area contributed by atoms with Gasteiger partial charge in [0.15, 0.2) is 0 Å². The molecule has 0 saturated carbocycles. The Bertz CT molecular complexity index is 3950. The smallest absolute Gasteiger partial charge is 0.0991 e. The van der Waals surface area contributed by atoms with Gasteiger partial charge < -0.3 is 9.13 Å². The molecule has 0 bridgehead atoms. The third-order valence-electron chi connectivity index (χ3n) is 13.9. The highest BCUT2D eigenvalue weighted by Gasteiger charge is 2.36. The monoisotopic (exact) mass is 801 g/mol. The maximum absolute atomic E-state index is 9.81. The second-order valence-corrected chi connectivity index (χ2v) is 17.7. The van der Waals surface area contributed by atoms with Crippen LogP contribution in [0.3, 0.4) is 0 Å². The molecule has 10 aromatic carbocycles. The molecule has 1 aliphatic rings. The number of para-hydroxylation sites is 2. The molecule has 0 saturated heterocycles. The molecule has 2 heterocycles. The molecule has 1 aliphatic carbocycles. The first-order valence-electron chi connectivity index (χ1n) is 21.7. The summed E-state index contributed by atoms with van der Waals surface area (Å²) in [5.74, 6) is 0. The van der Waals surface area contributed by atoms with E-state index in [2.05, 4.69) is 223 Å². The molecule has 12 aromatic rings. The molecule has 0 fully saturated rings. The SMILES string of the molecule is CC1(C)c2cc(C#N)ccc2-c2ccc(-c3cc(-c4ccc5c6ccc7ccccc7c6n(-c6ccccc6)c5c4)cc(-n4c5ccccc5c5cc6ccccc6cc54)c3)cc21. The topological polar surface area (TPSA) is 33.6 Å². The second-order valence-electron chi connectivity index (χ2n) is 17.7. The van der Waals surface area contributed by atoms with Crippen LogP contribution in [-0.4, -0.2) is 9.13 Å².